The number of aliphatic carboxylic acids is 1. The maximum atomic E-state index is 10.9. The maximum absolute atomic E-state index is 10.9. The Morgan fingerprint density at radius 3 is 2.57 bits per heavy atom. The van der Waals surface area contributed by atoms with Crippen LogP contribution in [0, 0.1) is 11.3 Å². The van der Waals surface area contributed by atoms with Gasteiger partial charge in [-0.1, -0.05) is 24.3 Å². The van der Waals surface area contributed by atoms with Gasteiger partial charge in [-0.2, -0.15) is 5.26 Å². The molecule has 0 aliphatic carbocycles. The first kappa shape index (κ1) is 17.2. The van der Waals surface area contributed by atoms with Crippen LogP contribution in [0.2, 0.25) is 0 Å². The van der Waals surface area contributed by atoms with E-state index in [1.807, 2.05) is 24.3 Å². The average molecular weight is 290 g/mol. The van der Waals surface area contributed by atoms with E-state index in [0.29, 0.717) is 19.6 Å². The molecule has 0 spiro atoms. The van der Waals surface area contributed by atoms with Crippen LogP contribution >= 0.6 is 0 Å². The minimum absolute atomic E-state index is 0.484. The van der Waals surface area contributed by atoms with Gasteiger partial charge >= 0.3 is 5.97 Å². The first-order chi connectivity index (χ1) is 10.1. The molecule has 0 aliphatic heterocycles. The molecule has 21 heavy (non-hydrogen) atoms. The van der Waals surface area contributed by atoms with Crippen LogP contribution in [0.15, 0.2) is 24.3 Å². The molecule has 114 valence electrons. The number of nitriles is 1. The fourth-order valence-electron chi connectivity index (χ4n) is 2.01. The van der Waals surface area contributed by atoms with Gasteiger partial charge in [0.25, 0.3) is 0 Å². The van der Waals surface area contributed by atoms with Crippen molar-refractivity contribution in [1.82, 2.24) is 4.90 Å². The van der Waals surface area contributed by atoms with Crippen LogP contribution in [0.1, 0.15) is 30.4 Å². The van der Waals surface area contributed by atoms with Crippen molar-refractivity contribution in [1.29, 1.82) is 5.26 Å². The Morgan fingerprint density at radius 1 is 1.38 bits per heavy atom. The summed E-state index contributed by atoms with van der Waals surface area (Å²) in [5.74, 6) is -1.32. The van der Waals surface area contributed by atoms with E-state index in [0.717, 1.165) is 24.2 Å². The summed E-state index contributed by atoms with van der Waals surface area (Å²) in [6, 6.07) is 9.75. The lowest BCUT2D eigenvalue weighted by atomic mass is 10.00. The van der Waals surface area contributed by atoms with E-state index in [1.165, 1.54) is 0 Å². The minimum atomic E-state index is -0.821. The van der Waals surface area contributed by atoms with E-state index in [-0.39, 0.29) is 0 Å². The fourth-order valence-corrected chi connectivity index (χ4v) is 2.01. The zero-order valence-corrected chi connectivity index (χ0v) is 12.6. The number of carboxylic acids is 1. The van der Waals surface area contributed by atoms with Gasteiger partial charge in [0.1, 0.15) is 0 Å². The van der Waals surface area contributed by atoms with E-state index in [1.54, 1.807) is 14.0 Å². The van der Waals surface area contributed by atoms with E-state index in [2.05, 4.69) is 11.0 Å². The normalized spacial score (nSPS) is 12.1. The molecule has 0 heterocycles. The van der Waals surface area contributed by atoms with Crippen molar-refractivity contribution in [3.63, 3.8) is 0 Å². The second kappa shape index (κ2) is 9.11. The van der Waals surface area contributed by atoms with Gasteiger partial charge in [-0.05, 0) is 18.1 Å². The molecule has 1 rings (SSSR count). The number of rotatable bonds is 9. The fraction of sp³-hybridized carbons (Fsp3) is 0.500. The molecular weight excluding hydrogens is 268 g/mol. The van der Waals surface area contributed by atoms with Gasteiger partial charge in [-0.3, -0.25) is 9.69 Å². The topological polar surface area (TPSA) is 73.6 Å². The lowest BCUT2D eigenvalue weighted by Crippen LogP contribution is -2.28. The lowest BCUT2D eigenvalue weighted by molar-refractivity contribution is -0.138. The van der Waals surface area contributed by atoms with Gasteiger partial charge in [0.05, 0.1) is 18.6 Å². The molecule has 1 aromatic carbocycles. The maximum Gasteiger partial charge on any atom is 0.310 e. The number of hydrogen-bond acceptors (Lipinski definition) is 4. The SMILES string of the molecule is COCCN(CCC#N)Cc1ccc(C(C)C(=O)O)cc1. The Morgan fingerprint density at radius 2 is 2.05 bits per heavy atom. The highest BCUT2D eigenvalue weighted by molar-refractivity contribution is 5.75. The predicted octanol–water partition coefficient (Wildman–Crippen LogP) is 2.24. The number of methoxy groups -OCH3 is 1. The second-order valence-corrected chi connectivity index (χ2v) is 4.98. The largest absolute Gasteiger partial charge is 0.481 e. The number of carbonyl (C=O) groups is 1. The zero-order valence-electron chi connectivity index (χ0n) is 12.6. The number of nitrogens with zero attached hydrogens (tertiary/aromatic N) is 2. The molecule has 5 heteroatoms. The smallest absolute Gasteiger partial charge is 0.310 e. The monoisotopic (exact) mass is 290 g/mol. The molecule has 0 bridgehead atoms. The van der Waals surface area contributed by atoms with Crippen molar-refractivity contribution >= 4 is 5.97 Å². The van der Waals surface area contributed by atoms with Crippen molar-refractivity contribution in [3.05, 3.63) is 35.4 Å². The highest BCUT2D eigenvalue weighted by Crippen LogP contribution is 2.17. The van der Waals surface area contributed by atoms with Gasteiger partial charge in [-0.15, -0.1) is 0 Å². The van der Waals surface area contributed by atoms with Crippen LogP contribution in [-0.4, -0.2) is 42.8 Å². The molecule has 0 aliphatic rings. The minimum Gasteiger partial charge on any atom is -0.481 e. The van der Waals surface area contributed by atoms with Crippen molar-refractivity contribution in [2.45, 2.75) is 25.8 Å². The van der Waals surface area contributed by atoms with Crippen LogP contribution in [0.5, 0.6) is 0 Å². The predicted molar refractivity (Wildman–Crippen MR) is 79.9 cm³/mol. The second-order valence-electron chi connectivity index (χ2n) is 4.98. The summed E-state index contributed by atoms with van der Waals surface area (Å²) in [5.41, 5.74) is 1.90. The molecule has 1 atom stereocenters. The van der Waals surface area contributed by atoms with E-state index in [4.69, 9.17) is 15.1 Å². The lowest BCUT2D eigenvalue weighted by Gasteiger charge is -2.21. The van der Waals surface area contributed by atoms with Gasteiger partial charge in [0, 0.05) is 33.2 Å². The Bertz CT molecular complexity index is 479. The summed E-state index contributed by atoms with van der Waals surface area (Å²) in [5, 5.41) is 17.7. The molecule has 5 nitrogen and oxygen atoms in total. The van der Waals surface area contributed by atoms with Crippen LogP contribution in [0.4, 0.5) is 0 Å². The summed E-state index contributed by atoms with van der Waals surface area (Å²) in [7, 11) is 1.66. The standard InChI is InChI=1S/C16H22N2O3/c1-13(16(19)20)15-6-4-14(5-7-15)12-18(9-3-8-17)10-11-21-2/h4-7,13H,3,9-12H2,1-2H3,(H,19,20). The zero-order chi connectivity index (χ0) is 15.7. The molecule has 0 fully saturated rings. The summed E-state index contributed by atoms with van der Waals surface area (Å²) in [6.07, 6.45) is 0.484. The molecule has 1 unspecified atom stereocenters. The summed E-state index contributed by atoms with van der Waals surface area (Å²) >= 11 is 0. The number of hydrogen-bond donors (Lipinski definition) is 1. The van der Waals surface area contributed by atoms with Gasteiger partial charge in [0.2, 0.25) is 0 Å². The van der Waals surface area contributed by atoms with Gasteiger partial charge < -0.3 is 9.84 Å². The van der Waals surface area contributed by atoms with Crippen LogP contribution in [0.3, 0.4) is 0 Å². The molecule has 0 amide bonds. The van der Waals surface area contributed by atoms with E-state index in [9.17, 15) is 4.79 Å². The van der Waals surface area contributed by atoms with Crippen LogP contribution in [-0.2, 0) is 16.1 Å². The van der Waals surface area contributed by atoms with Crippen molar-refractivity contribution in [2.75, 3.05) is 26.8 Å². The summed E-state index contributed by atoms with van der Waals surface area (Å²) in [4.78, 5) is 13.1. The summed E-state index contributed by atoms with van der Waals surface area (Å²) in [6.45, 7) is 4.50. The molecule has 0 saturated carbocycles. The van der Waals surface area contributed by atoms with Crippen LogP contribution < -0.4 is 0 Å². The van der Waals surface area contributed by atoms with E-state index < -0.39 is 11.9 Å². The Labute approximate surface area is 125 Å². The number of carboxylic acid groups (broad SMARTS) is 1. The van der Waals surface area contributed by atoms with Crippen molar-refractivity contribution < 1.29 is 14.6 Å². The van der Waals surface area contributed by atoms with E-state index >= 15 is 0 Å². The summed E-state index contributed by atoms with van der Waals surface area (Å²) < 4.78 is 5.08. The number of benzene rings is 1. The van der Waals surface area contributed by atoms with Gasteiger partial charge in [0.15, 0.2) is 0 Å². The number of ether oxygens (including phenoxy) is 1. The molecule has 1 N–H and O–H groups in total. The molecule has 0 saturated heterocycles. The Kier molecular flexibility index (Phi) is 7.44. The third kappa shape index (κ3) is 5.94. The average Bonchev–Trinajstić information content (AvgIpc) is 2.49. The third-order valence-corrected chi connectivity index (χ3v) is 3.41. The van der Waals surface area contributed by atoms with Gasteiger partial charge in [-0.25, -0.2) is 0 Å². The first-order valence-electron chi connectivity index (χ1n) is 6.98. The Balaban J connectivity index is 2.66. The first-order valence-corrected chi connectivity index (χ1v) is 6.98. The van der Waals surface area contributed by atoms with Crippen molar-refractivity contribution in [3.8, 4) is 6.07 Å². The third-order valence-electron chi connectivity index (χ3n) is 3.41. The highest BCUT2D eigenvalue weighted by Gasteiger charge is 2.13. The molecule has 0 radical (unpaired) electrons. The van der Waals surface area contributed by atoms with Crippen LogP contribution in [0.25, 0.3) is 0 Å². The molecule has 0 aromatic heterocycles. The molecule has 1 aromatic rings. The quantitative estimate of drug-likeness (QED) is 0.755. The molecular formula is C16H22N2O3. The Hall–Kier alpha value is -1.90. The highest BCUT2D eigenvalue weighted by atomic mass is 16.5. The van der Waals surface area contributed by atoms with Crippen molar-refractivity contribution in [2.24, 2.45) is 0 Å².